The molecule has 0 atom stereocenters. The number of rotatable bonds is 2. The minimum absolute atomic E-state index is 0. The first kappa shape index (κ1) is 12.4. The van der Waals surface area contributed by atoms with Crippen LogP contribution in [0.1, 0.15) is 13.8 Å². The van der Waals surface area contributed by atoms with E-state index in [0.29, 0.717) is 11.8 Å². The van der Waals surface area contributed by atoms with Crippen LogP contribution in [0.3, 0.4) is 0 Å². The van der Waals surface area contributed by atoms with Crippen LogP contribution in [0.5, 0.6) is 0 Å². The van der Waals surface area contributed by atoms with Gasteiger partial charge < -0.3 is 10.1 Å². The molecule has 0 rings (SSSR count). The summed E-state index contributed by atoms with van der Waals surface area (Å²) >= 11 is 4.72. The van der Waals surface area contributed by atoms with E-state index in [2.05, 4.69) is 5.32 Å². The molecule has 9 heavy (non-hydrogen) atoms. The normalized spacial score (nSPS) is 7.33. The van der Waals surface area contributed by atoms with Crippen LogP contribution < -0.4 is 5.32 Å². The van der Waals surface area contributed by atoms with Gasteiger partial charge in [-0.05, 0) is 26.1 Å². The summed E-state index contributed by atoms with van der Waals surface area (Å²) in [5.41, 5.74) is 0. The van der Waals surface area contributed by atoms with Crippen molar-refractivity contribution >= 4 is 46.9 Å². The van der Waals surface area contributed by atoms with E-state index < -0.39 is 0 Å². The number of hydrogen-bond acceptors (Lipinski definition) is 2. The van der Waals surface area contributed by atoms with E-state index in [-0.39, 0.29) is 29.6 Å². The molecule has 0 bridgehead atoms. The molecule has 2 nitrogen and oxygen atoms in total. The molecule has 0 heterocycles. The van der Waals surface area contributed by atoms with Gasteiger partial charge in [0.15, 0.2) is 0 Å². The molecule has 0 amide bonds. The quantitative estimate of drug-likeness (QED) is 0.459. The van der Waals surface area contributed by atoms with Crippen molar-refractivity contribution < 1.29 is 4.74 Å². The summed E-state index contributed by atoms with van der Waals surface area (Å²) in [4.78, 5) is 0. The van der Waals surface area contributed by atoms with Crippen LogP contribution in [0.2, 0.25) is 0 Å². The van der Waals surface area contributed by atoms with Crippen LogP contribution in [-0.4, -0.2) is 47.9 Å². The van der Waals surface area contributed by atoms with E-state index in [1.807, 2.05) is 13.8 Å². The first-order valence-corrected chi connectivity index (χ1v) is 3.12. The van der Waals surface area contributed by atoms with Crippen molar-refractivity contribution in [3.63, 3.8) is 0 Å². The minimum atomic E-state index is 0. The molecule has 0 unspecified atom stereocenters. The van der Waals surface area contributed by atoms with Gasteiger partial charge in [-0.25, -0.2) is 0 Å². The molecule has 0 aliphatic heterocycles. The van der Waals surface area contributed by atoms with Crippen LogP contribution in [0.25, 0.3) is 0 Å². The third-order valence-electron chi connectivity index (χ3n) is 0.597. The molecule has 0 aliphatic rings. The van der Waals surface area contributed by atoms with Crippen LogP contribution in [0.15, 0.2) is 0 Å². The van der Waals surface area contributed by atoms with E-state index in [4.69, 9.17) is 17.0 Å². The molecule has 0 radical (unpaired) electrons. The number of thiocarbonyl (C=S) groups is 1. The second-order valence-electron chi connectivity index (χ2n) is 1.25. The van der Waals surface area contributed by atoms with E-state index >= 15 is 0 Å². The van der Waals surface area contributed by atoms with E-state index in [0.717, 1.165) is 6.54 Å². The molecule has 0 aliphatic carbocycles. The zero-order valence-electron chi connectivity index (χ0n) is 5.23. The Bertz CT molecular complexity index is 71.4. The van der Waals surface area contributed by atoms with Gasteiger partial charge in [-0.15, -0.1) is 0 Å². The summed E-state index contributed by atoms with van der Waals surface area (Å²) in [6.45, 7) is 5.36. The third-order valence-corrected chi connectivity index (χ3v) is 0.859. The van der Waals surface area contributed by atoms with Crippen molar-refractivity contribution in [2.24, 2.45) is 0 Å². The molecule has 50 valence electrons. The maximum absolute atomic E-state index is 4.90. The Labute approximate surface area is 83.6 Å². The molecule has 0 saturated carbocycles. The summed E-state index contributed by atoms with van der Waals surface area (Å²) in [5.74, 6) is 0. The van der Waals surface area contributed by atoms with Crippen molar-refractivity contribution in [2.75, 3.05) is 13.2 Å². The summed E-state index contributed by atoms with van der Waals surface area (Å²) < 4.78 is 4.90. The first-order valence-electron chi connectivity index (χ1n) is 2.71. The van der Waals surface area contributed by atoms with Crippen molar-refractivity contribution in [2.45, 2.75) is 13.8 Å². The van der Waals surface area contributed by atoms with E-state index in [9.17, 15) is 0 Å². The van der Waals surface area contributed by atoms with Crippen molar-refractivity contribution in [1.82, 2.24) is 5.32 Å². The van der Waals surface area contributed by atoms with Gasteiger partial charge in [0.05, 0.1) is 6.61 Å². The Morgan fingerprint density at radius 3 is 2.44 bits per heavy atom. The summed E-state index contributed by atoms with van der Waals surface area (Å²) in [7, 11) is 0. The fourth-order valence-corrected chi connectivity index (χ4v) is 0.589. The standard InChI is InChI=1S/C5H11NOS.Na.H/c1-3-6-5(8)7-4-2;;/h3-4H2,1-2H3,(H,6,8);;. The molecule has 0 aromatic carbocycles. The fraction of sp³-hybridized carbons (Fsp3) is 0.800. The predicted octanol–water partition coefficient (Wildman–Crippen LogP) is 0.269. The Balaban J connectivity index is 0. The average Bonchev–Trinajstić information content (AvgIpc) is 1.68. The topological polar surface area (TPSA) is 21.3 Å². The second-order valence-corrected chi connectivity index (χ2v) is 1.62. The molecule has 0 aromatic rings. The molecule has 0 spiro atoms. The van der Waals surface area contributed by atoms with Gasteiger partial charge in [0.1, 0.15) is 0 Å². The van der Waals surface area contributed by atoms with Gasteiger partial charge in [0.25, 0.3) is 5.17 Å². The zero-order valence-corrected chi connectivity index (χ0v) is 6.05. The van der Waals surface area contributed by atoms with Crippen molar-refractivity contribution in [1.29, 1.82) is 0 Å². The van der Waals surface area contributed by atoms with Crippen molar-refractivity contribution in [3.05, 3.63) is 0 Å². The summed E-state index contributed by atoms with van der Waals surface area (Å²) in [5, 5.41) is 3.35. The van der Waals surface area contributed by atoms with Gasteiger partial charge in [-0.1, -0.05) is 0 Å². The SMILES string of the molecule is CCNC(=S)OCC.[NaH]. The molecule has 4 heteroatoms. The number of hydrogen-bond donors (Lipinski definition) is 1. The monoisotopic (exact) mass is 157 g/mol. The number of nitrogens with one attached hydrogen (secondary N) is 1. The van der Waals surface area contributed by atoms with Gasteiger partial charge in [0, 0.05) is 6.54 Å². The summed E-state index contributed by atoms with van der Waals surface area (Å²) in [6.07, 6.45) is 0. The van der Waals surface area contributed by atoms with Crippen LogP contribution in [0, 0.1) is 0 Å². The summed E-state index contributed by atoms with van der Waals surface area (Å²) in [6, 6.07) is 0. The molecular weight excluding hydrogens is 145 g/mol. The van der Waals surface area contributed by atoms with Gasteiger partial charge in [-0.2, -0.15) is 0 Å². The molecule has 0 fully saturated rings. The van der Waals surface area contributed by atoms with Gasteiger partial charge >= 0.3 is 29.6 Å². The third kappa shape index (κ3) is 8.69. The van der Waals surface area contributed by atoms with Crippen LogP contribution >= 0.6 is 12.2 Å². The van der Waals surface area contributed by atoms with Gasteiger partial charge in [0.2, 0.25) is 0 Å². The molecule has 0 saturated heterocycles. The molecule has 0 aromatic heterocycles. The Morgan fingerprint density at radius 1 is 1.56 bits per heavy atom. The van der Waals surface area contributed by atoms with E-state index in [1.165, 1.54) is 0 Å². The van der Waals surface area contributed by atoms with E-state index in [1.54, 1.807) is 0 Å². The second kappa shape index (κ2) is 8.69. The Hall–Kier alpha value is 0.690. The molecule has 1 N–H and O–H groups in total. The molecular formula is C5H12NNaOS. The Morgan fingerprint density at radius 2 is 2.11 bits per heavy atom. The average molecular weight is 157 g/mol. The van der Waals surface area contributed by atoms with Crippen LogP contribution in [-0.2, 0) is 4.74 Å². The van der Waals surface area contributed by atoms with Crippen molar-refractivity contribution in [3.8, 4) is 0 Å². The number of ether oxygens (including phenoxy) is 1. The van der Waals surface area contributed by atoms with Crippen LogP contribution in [0.4, 0.5) is 0 Å². The first-order chi connectivity index (χ1) is 3.81. The maximum atomic E-state index is 4.90. The zero-order chi connectivity index (χ0) is 6.41. The Kier molecular flexibility index (Phi) is 11.9. The van der Waals surface area contributed by atoms with Gasteiger partial charge in [-0.3, -0.25) is 0 Å². The predicted molar refractivity (Wildman–Crippen MR) is 45.0 cm³/mol. The fourth-order valence-electron chi connectivity index (χ4n) is 0.326.